The average Bonchev–Trinajstić information content (AvgIpc) is 2.85. The number of fused-ring (bicyclic) bond motifs is 4. The minimum Gasteiger partial charge on any atom is -0.448 e. The zero-order valence-corrected chi connectivity index (χ0v) is 11.8. The molecule has 3 rings (SSSR count). The van der Waals surface area contributed by atoms with Crippen molar-refractivity contribution in [1.29, 1.82) is 0 Å². The molecule has 1 amide bonds. The summed E-state index contributed by atoms with van der Waals surface area (Å²) in [5.74, 6) is 0. The van der Waals surface area contributed by atoms with Gasteiger partial charge in [0.05, 0.1) is 25.4 Å². The van der Waals surface area contributed by atoms with E-state index in [1.165, 1.54) is 11.1 Å². The fourth-order valence-electron chi connectivity index (χ4n) is 3.08. The van der Waals surface area contributed by atoms with Crippen LogP contribution in [0.1, 0.15) is 23.2 Å². The molecule has 0 aromatic heterocycles. The Kier molecular flexibility index (Phi) is 3.92. The lowest BCUT2D eigenvalue weighted by Gasteiger charge is -2.32. The van der Waals surface area contributed by atoms with Crippen LogP contribution < -0.4 is 5.73 Å². The number of hydrogen-bond acceptors (Lipinski definition) is 5. The standard InChI is InChI=1S/C15H19N3O3/c1-2-7-21-18-10-17-8-13(18)11-5-3-4-6-12(11)14(17)9-20-15(16)19/h2-6,13-14H,1,7-10H2,(H2,16,19). The number of benzene rings is 1. The van der Waals surface area contributed by atoms with Gasteiger partial charge in [-0.05, 0) is 11.1 Å². The summed E-state index contributed by atoms with van der Waals surface area (Å²) in [6, 6.07) is 8.40. The van der Waals surface area contributed by atoms with E-state index in [1.807, 2.05) is 17.2 Å². The molecule has 2 heterocycles. The van der Waals surface area contributed by atoms with Crippen molar-refractivity contribution in [1.82, 2.24) is 9.96 Å². The Labute approximate surface area is 123 Å². The molecule has 6 heteroatoms. The van der Waals surface area contributed by atoms with E-state index in [2.05, 4.69) is 23.6 Å². The summed E-state index contributed by atoms with van der Waals surface area (Å²) in [5.41, 5.74) is 7.48. The second-order valence-corrected chi connectivity index (χ2v) is 5.20. The van der Waals surface area contributed by atoms with Crippen LogP contribution in [0.3, 0.4) is 0 Å². The van der Waals surface area contributed by atoms with Gasteiger partial charge in [-0.1, -0.05) is 30.3 Å². The van der Waals surface area contributed by atoms with E-state index < -0.39 is 6.09 Å². The number of nitrogens with zero attached hydrogens (tertiary/aromatic N) is 2. The predicted octanol–water partition coefficient (Wildman–Crippen LogP) is 1.57. The van der Waals surface area contributed by atoms with Gasteiger partial charge in [-0.25, -0.2) is 4.79 Å². The number of nitrogens with two attached hydrogens (primary N) is 1. The highest BCUT2D eigenvalue weighted by molar-refractivity contribution is 5.64. The highest BCUT2D eigenvalue weighted by Gasteiger charge is 2.43. The molecule has 1 aromatic carbocycles. The van der Waals surface area contributed by atoms with E-state index >= 15 is 0 Å². The highest BCUT2D eigenvalue weighted by atomic mass is 16.7. The summed E-state index contributed by atoms with van der Waals surface area (Å²) in [7, 11) is 0. The van der Waals surface area contributed by atoms with Crippen LogP contribution in [-0.4, -0.2) is 42.5 Å². The van der Waals surface area contributed by atoms with Crippen LogP contribution in [0.2, 0.25) is 0 Å². The predicted molar refractivity (Wildman–Crippen MR) is 77.0 cm³/mol. The summed E-state index contributed by atoms with van der Waals surface area (Å²) in [4.78, 5) is 18.9. The molecule has 21 heavy (non-hydrogen) atoms. The van der Waals surface area contributed by atoms with Crippen molar-refractivity contribution in [2.45, 2.75) is 12.1 Å². The first-order valence-electron chi connectivity index (χ1n) is 6.96. The SMILES string of the molecule is C=CCON1CN2CC1c1ccccc1C2COC(N)=O. The van der Waals surface area contributed by atoms with Crippen LogP contribution in [-0.2, 0) is 9.57 Å². The molecule has 0 aliphatic carbocycles. The first-order valence-corrected chi connectivity index (χ1v) is 6.96. The molecule has 2 bridgehead atoms. The second kappa shape index (κ2) is 5.85. The molecule has 1 fully saturated rings. The molecule has 112 valence electrons. The van der Waals surface area contributed by atoms with Crippen LogP contribution in [0, 0.1) is 0 Å². The molecule has 0 spiro atoms. The molecule has 3 unspecified atom stereocenters. The van der Waals surface area contributed by atoms with E-state index in [0.717, 1.165) is 6.54 Å². The number of hydrogen-bond donors (Lipinski definition) is 1. The molecule has 2 aliphatic heterocycles. The Morgan fingerprint density at radius 3 is 2.90 bits per heavy atom. The molecule has 1 aromatic rings. The molecule has 2 N–H and O–H groups in total. The van der Waals surface area contributed by atoms with E-state index in [1.54, 1.807) is 6.08 Å². The zero-order chi connectivity index (χ0) is 14.8. The van der Waals surface area contributed by atoms with Crippen molar-refractivity contribution in [3.63, 3.8) is 0 Å². The fourth-order valence-corrected chi connectivity index (χ4v) is 3.08. The van der Waals surface area contributed by atoms with Crippen molar-refractivity contribution in [3.8, 4) is 0 Å². The van der Waals surface area contributed by atoms with Gasteiger partial charge < -0.3 is 10.5 Å². The molecule has 0 radical (unpaired) electrons. The lowest BCUT2D eigenvalue weighted by molar-refractivity contribution is -0.164. The van der Waals surface area contributed by atoms with Gasteiger partial charge in [-0.15, -0.1) is 6.58 Å². The summed E-state index contributed by atoms with van der Waals surface area (Å²) in [5, 5.41) is 1.96. The van der Waals surface area contributed by atoms with Crippen molar-refractivity contribution in [3.05, 3.63) is 48.0 Å². The Balaban J connectivity index is 1.86. The minimum absolute atomic E-state index is 0.0160. The number of amides is 1. The molecule has 0 saturated carbocycles. The highest BCUT2D eigenvalue weighted by Crippen LogP contribution is 2.42. The van der Waals surface area contributed by atoms with Gasteiger partial charge in [0.2, 0.25) is 0 Å². The number of hydroxylamine groups is 2. The Hall–Kier alpha value is -1.89. The number of ether oxygens (including phenoxy) is 1. The normalized spacial score (nSPS) is 27.1. The maximum atomic E-state index is 10.9. The summed E-state index contributed by atoms with van der Waals surface area (Å²) < 4.78 is 5.03. The van der Waals surface area contributed by atoms with Gasteiger partial charge in [-0.2, -0.15) is 5.06 Å². The number of rotatable bonds is 5. The van der Waals surface area contributed by atoms with E-state index in [-0.39, 0.29) is 18.7 Å². The van der Waals surface area contributed by atoms with Gasteiger partial charge in [0.15, 0.2) is 0 Å². The topological polar surface area (TPSA) is 68.0 Å². The molecular weight excluding hydrogens is 270 g/mol. The van der Waals surface area contributed by atoms with Gasteiger partial charge in [0.25, 0.3) is 0 Å². The van der Waals surface area contributed by atoms with E-state index in [0.29, 0.717) is 13.3 Å². The third-order valence-electron chi connectivity index (χ3n) is 3.97. The number of carbonyl (C=O) groups excluding carboxylic acids is 1. The van der Waals surface area contributed by atoms with Crippen LogP contribution in [0.15, 0.2) is 36.9 Å². The first-order chi connectivity index (χ1) is 10.2. The molecule has 3 atom stereocenters. The van der Waals surface area contributed by atoms with Gasteiger partial charge in [-0.3, -0.25) is 9.74 Å². The fraction of sp³-hybridized carbons (Fsp3) is 0.400. The van der Waals surface area contributed by atoms with Crippen LogP contribution in [0.25, 0.3) is 0 Å². The molecule has 1 saturated heterocycles. The van der Waals surface area contributed by atoms with Crippen LogP contribution >= 0.6 is 0 Å². The Morgan fingerprint density at radius 1 is 1.43 bits per heavy atom. The third kappa shape index (κ3) is 2.65. The van der Waals surface area contributed by atoms with Crippen molar-refractivity contribution in [2.75, 3.05) is 26.4 Å². The lowest BCUT2D eigenvalue weighted by atomic mass is 9.91. The van der Waals surface area contributed by atoms with Crippen molar-refractivity contribution < 1.29 is 14.4 Å². The van der Waals surface area contributed by atoms with Gasteiger partial charge in [0, 0.05) is 6.54 Å². The van der Waals surface area contributed by atoms with Gasteiger partial charge in [0.1, 0.15) is 6.61 Å². The Bertz CT molecular complexity index is 549. The van der Waals surface area contributed by atoms with Crippen LogP contribution in [0.5, 0.6) is 0 Å². The number of carbonyl (C=O) groups is 1. The smallest absolute Gasteiger partial charge is 0.404 e. The maximum Gasteiger partial charge on any atom is 0.404 e. The quantitative estimate of drug-likeness (QED) is 0.833. The molecule has 6 nitrogen and oxygen atoms in total. The van der Waals surface area contributed by atoms with E-state index in [4.69, 9.17) is 15.3 Å². The molecule has 2 aliphatic rings. The molecular formula is C15H19N3O3. The summed E-state index contributed by atoms with van der Waals surface area (Å²) in [6.45, 7) is 5.93. The minimum atomic E-state index is -0.742. The Morgan fingerprint density at radius 2 is 2.19 bits per heavy atom. The lowest BCUT2D eigenvalue weighted by Crippen LogP contribution is -2.35. The summed E-state index contributed by atoms with van der Waals surface area (Å²) >= 11 is 0. The first kappa shape index (κ1) is 14.1. The monoisotopic (exact) mass is 289 g/mol. The number of primary amides is 1. The maximum absolute atomic E-state index is 10.9. The average molecular weight is 289 g/mol. The summed E-state index contributed by atoms with van der Waals surface area (Å²) in [6.07, 6.45) is 0.991. The van der Waals surface area contributed by atoms with Gasteiger partial charge >= 0.3 is 6.09 Å². The third-order valence-corrected chi connectivity index (χ3v) is 3.97. The van der Waals surface area contributed by atoms with Crippen molar-refractivity contribution >= 4 is 6.09 Å². The van der Waals surface area contributed by atoms with E-state index in [9.17, 15) is 4.79 Å². The van der Waals surface area contributed by atoms with Crippen molar-refractivity contribution in [2.24, 2.45) is 5.73 Å². The van der Waals surface area contributed by atoms with Crippen LogP contribution in [0.4, 0.5) is 4.79 Å². The largest absolute Gasteiger partial charge is 0.448 e. The zero-order valence-electron chi connectivity index (χ0n) is 11.8. The second-order valence-electron chi connectivity index (χ2n) is 5.20.